The van der Waals surface area contributed by atoms with Gasteiger partial charge < -0.3 is 4.42 Å². The second-order valence-corrected chi connectivity index (χ2v) is 13.5. The predicted octanol–water partition coefficient (Wildman–Crippen LogP) is 13.9. The second-order valence-electron chi connectivity index (χ2n) is 13.5. The van der Waals surface area contributed by atoms with Crippen LogP contribution in [0.15, 0.2) is 179 Å². The molecule has 0 N–H and O–H groups in total. The predicted molar refractivity (Wildman–Crippen MR) is 217 cm³/mol. The molecule has 8 rings (SSSR count). The van der Waals surface area contributed by atoms with Crippen LogP contribution in [0.25, 0.3) is 61.0 Å². The van der Waals surface area contributed by atoms with Crippen molar-refractivity contribution in [1.29, 1.82) is 0 Å². The van der Waals surface area contributed by atoms with Crippen molar-refractivity contribution in [2.24, 2.45) is 4.99 Å². The fraction of sp³-hybridized carbons (Fsp3) is 0.122. The molecule has 0 bridgehead atoms. The van der Waals surface area contributed by atoms with Crippen LogP contribution in [0.3, 0.4) is 0 Å². The first kappa shape index (κ1) is 32.2. The number of benzene rings is 7. The van der Waals surface area contributed by atoms with Crippen LogP contribution in [0.4, 0.5) is 0 Å². The summed E-state index contributed by atoms with van der Waals surface area (Å²) in [4.78, 5) is 5.73. The van der Waals surface area contributed by atoms with Crippen LogP contribution in [-0.2, 0) is 0 Å². The summed E-state index contributed by atoms with van der Waals surface area (Å²) in [6, 6.07) is 58.3. The lowest BCUT2D eigenvalue weighted by Crippen LogP contribution is -2.07. The summed E-state index contributed by atoms with van der Waals surface area (Å²) < 4.78 is 6.66. The first-order valence-corrected chi connectivity index (χ1v) is 18.0. The zero-order valence-corrected chi connectivity index (χ0v) is 29.2. The third-order valence-corrected chi connectivity index (χ3v) is 9.82. The topological polar surface area (TPSA) is 25.5 Å². The van der Waals surface area contributed by atoms with E-state index in [9.17, 15) is 0 Å². The van der Waals surface area contributed by atoms with Crippen molar-refractivity contribution in [3.8, 4) is 22.3 Å². The number of para-hydroxylation sites is 1. The van der Waals surface area contributed by atoms with E-state index in [1.54, 1.807) is 0 Å². The average molecular weight is 660 g/mol. The van der Waals surface area contributed by atoms with Gasteiger partial charge in [-0.15, -0.1) is 0 Å². The van der Waals surface area contributed by atoms with Crippen LogP contribution in [0.1, 0.15) is 55.8 Å². The molecule has 7 aromatic carbocycles. The van der Waals surface area contributed by atoms with Gasteiger partial charge in [-0.05, 0) is 75.7 Å². The van der Waals surface area contributed by atoms with E-state index in [1.165, 1.54) is 38.6 Å². The van der Waals surface area contributed by atoms with Crippen molar-refractivity contribution in [3.63, 3.8) is 0 Å². The first-order chi connectivity index (χ1) is 25.1. The van der Waals surface area contributed by atoms with Gasteiger partial charge in [0.1, 0.15) is 11.2 Å². The maximum absolute atomic E-state index is 6.66. The van der Waals surface area contributed by atoms with E-state index in [1.807, 2.05) is 0 Å². The van der Waals surface area contributed by atoms with E-state index >= 15 is 0 Å². The minimum Gasteiger partial charge on any atom is -0.455 e. The fourth-order valence-electron chi connectivity index (χ4n) is 7.33. The summed E-state index contributed by atoms with van der Waals surface area (Å²) in [6.07, 6.45) is 4.98. The Morgan fingerprint density at radius 3 is 2.08 bits per heavy atom. The van der Waals surface area contributed by atoms with Crippen LogP contribution in [0.2, 0.25) is 0 Å². The van der Waals surface area contributed by atoms with Gasteiger partial charge in [0.05, 0.1) is 6.04 Å². The summed E-state index contributed by atoms with van der Waals surface area (Å²) in [7, 11) is 0. The monoisotopic (exact) mass is 659 g/mol. The Balaban J connectivity index is 1.28. The molecule has 0 radical (unpaired) electrons. The number of hydrogen-bond acceptors (Lipinski definition) is 2. The lowest BCUT2D eigenvalue weighted by atomic mass is 9.92. The molecule has 0 amide bonds. The Bertz CT molecular complexity index is 2510. The van der Waals surface area contributed by atoms with E-state index in [-0.39, 0.29) is 6.04 Å². The fourth-order valence-corrected chi connectivity index (χ4v) is 7.33. The number of aliphatic imine (C=N–C) groups is 1. The Morgan fingerprint density at radius 2 is 1.31 bits per heavy atom. The standard InChI is InChI=1S/C49H41NO/c1-3-15-45(43-29-28-42(37-20-11-6-12-21-37)49-48(43)44-22-13-14-23-47(44)51-49)50-46(31-34(2)30-35-16-7-4-8-17-35)41-27-26-39-32-38(24-25-40(39)33-41)36-18-9-5-10-19-36/h4-14,16-30,32-33,45H,3,15,31H2,1-2H3/b34-30-,50-46?. The highest BCUT2D eigenvalue weighted by atomic mass is 16.3. The quantitative estimate of drug-likeness (QED) is 0.134. The zero-order valence-electron chi connectivity index (χ0n) is 29.2. The van der Waals surface area contributed by atoms with Crippen molar-refractivity contribution in [3.05, 3.63) is 186 Å². The molecular formula is C49H41NO. The normalized spacial score (nSPS) is 12.9. The highest BCUT2D eigenvalue weighted by Gasteiger charge is 2.22. The molecule has 0 spiro atoms. The summed E-state index contributed by atoms with van der Waals surface area (Å²) in [5.74, 6) is 0. The Morgan fingerprint density at radius 1 is 0.647 bits per heavy atom. The molecule has 2 heteroatoms. The van der Waals surface area contributed by atoms with Gasteiger partial charge in [-0.1, -0.05) is 171 Å². The van der Waals surface area contributed by atoms with Gasteiger partial charge in [-0.3, -0.25) is 4.99 Å². The molecule has 0 saturated heterocycles. The second kappa shape index (κ2) is 14.5. The Kier molecular flexibility index (Phi) is 9.14. The van der Waals surface area contributed by atoms with Crippen LogP contribution in [-0.4, -0.2) is 5.71 Å². The molecule has 0 aliphatic carbocycles. The Labute approximate surface area is 300 Å². The van der Waals surface area contributed by atoms with Gasteiger partial charge in [0.25, 0.3) is 0 Å². The number of allylic oxidation sites excluding steroid dienone is 1. The number of fused-ring (bicyclic) bond motifs is 4. The molecule has 0 aliphatic rings. The zero-order chi connectivity index (χ0) is 34.6. The SMILES string of the molecule is CCCC(N=C(C/C(C)=C\c1ccccc1)c1ccc2cc(-c3ccccc3)ccc2c1)c1ccc(-c2ccccc2)c2oc3ccccc3c12. The van der Waals surface area contributed by atoms with E-state index in [0.717, 1.165) is 63.6 Å². The number of furan rings is 1. The molecule has 2 nitrogen and oxygen atoms in total. The van der Waals surface area contributed by atoms with Crippen molar-refractivity contribution in [1.82, 2.24) is 0 Å². The number of rotatable bonds is 10. The molecule has 8 aromatic rings. The van der Waals surface area contributed by atoms with E-state index < -0.39 is 0 Å². The number of nitrogens with zero attached hydrogens (tertiary/aromatic N) is 1. The minimum atomic E-state index is -0.0426. The summed E-state index contributed by atoms with van der Waals surface area (Å²) >= 11 is 0. The smallest absolute Gasteiger partial charge is 0.143 e. The molecule has 1 atom stereocenters. The molecule has 0 fully saturated rings. The van der Waals surface area contributed by atoms with Crippen molar-refractivity contribution in [2.45, 2.75) is 39.2 Å². The van der Waals surface area contributed by atoms with Crippen molar-refractivity contribution in [2.75, 3.05) is 0 Å². The number of hydrogen-bond donors (Lipinski definition) is 0. The van der Waals surface area contributed by atoms with Crippen molar-refractivity contribution < 1.29 is 4.42 Å². The minimum absolute atomic E-state index is 0.0426. The Hall–Kier alpha value is -5.99. The van der Waals surface area contributed by atoms with Crippen LogP contribution >= 0.6 is 0 Å². The lowest BCUT2D eigenvalue weighted by molar-refractivity contribution is 0.641. The van der Waals surface area contributed by atoms with E-state index in [0.29, 0.717) is 0 Å². The van der Waals surface area contributed by atoms with Gasteiger partial charge in [-0.25, -0.2) is 0 Å². The maximum atomic E-state index is 6.66. The average Bonchev–Trinajstić information content (AvgIpc) is 3.58. The molecular weight excluding hydrogens is 619 g/mol. The van der Waals surface area contributed by atoms with E-state index in [4.69, 9.17) is 9.41 Å². The summed E-state index contributed by atoms with van der Waals surface area (Å²) in [6.45, 7) is 4.48. The molecule has 1 heterocycles. The van der Waals surface area contributed by atoms with Crippen LogP contribution in [0.5, 0.6) is 0 Å². The summed E-state index contributed by atoms with van der Waals surface area (Å²) in [5, 5.41) is 4.74. The van der Waals surface area contributed by atoms with Crippen molar-refractivity contribution >= 4 is 44.5 Å². The third-order valence-electron chi connectivity index (χ3n) is 9.82. The van der Waals surface area contributed by atoms with Crippen LogP contribution in [0, 0.1) is 0 Å². The van der Waals surface area contributed by atoms with Gasteiger partial charge in [-0.2, -0.15) is 0 Å². The third kappa shape index (κ3) is 6.78. The maximum Gasteiger partial charge on any atom is 0.143 e. The highest BCUT2D eigenvalue weighted by molar-refractivity contribution is 6.12. The molecule has 0 saturated carbocycles. The summed E-state index contributed by atoms with van der Waals surface area (Å²) in [5.41, 5.74) is 12.5. The largest absolute Gasteiger partial charge is 0.455 e. The van der Waals surface area contributed by atoms with Gasteiger partial charge >= 0.3 is 0 Å². The van der Waals surface area contributed by atoms with E-state index in [2.05, 4.69) is 184 Å². The van der Waals surface area contributed by atoms with Gasteiger partial charge in [0.15, 0.2) is 0 Å². The lowest BCUT2D eigenvalue weighted by Gasteiger charge is -2.18. The van der Waals surface area contributed by atoms with Crippen LogP contribution < -0.4 is 0 Å². The molecule has 1 aromatic heterocycles. The molecule has 51 heavy (non-hydrogen) atoms. The molecule has 1 unspecified atom stereocenters. The van der Waals surface area contributed by atoms with Gasteiger partial charge in [0, 0.05) is 28.5 Å². The first-order valence-electron chi connectivity index (χ1n) is 18.0. The van der Waals surface area contributed by atoms with Gasteiger partial charge in [0.2, 0.25) is 0 Å². The molecule has 248 valence electrons. The molecule has 0 aliphatic heterocycles. The highest BCUT2D eigenvalue weighted by Crippen LogP contribution is 2.42.